The van der Waals surface area contributed by atoms with E-state index in [0.29, 0.717) is 17.8 Å². The number of amides is 1. The summed E-state index contributed by atoms with van der Waals surface area (Å²) in [4.78, 5) is 12.6. The predicted molar refractivity (Wildman–Crippen MR) is 116 cm³/mol. The lowest BCUT2D eigenvalue weighted by Crippen LogP contribution is -2.27. The van der Waals surface area contributed by atoms with Crippen LogP contribution in [0.15, 0.2) is 77.7 Å². The molecule has 0 heterocycles. The Bertz CT molecular complexity index is 1120. The summed E-state index contributed by atoms with van der Waals surface area (Å²) >= 11 is 0. The van der Waals surface area contributed by atoms with Crippen molar-refractivity contribution in [3.8, 4) is 0 Å². The van der Waals surface area contributed by atoms with Gasteiger partial charge < -0.3 is 5.32 Å². The molecule has 0 aliphatic heterocycles. The van der Waals surface area contributed by atoms with Gasteiger partial charge in [0.05, 0.1) is 10.6 Å². The molecule has 0 saturated heterocycles. The van der Waals surface area contributed by atoms with Gasteiger partial charge in [0.15, 0.2) is 0 Å². The number of rotatable bonds is 6. The van der Waals surface area contributed by atoms with Crippen molar-refractivity contribution < 1.29 is 13.2 Å². The molecule has 1 amide bonds. The van der Waals surface area contributed by atoms with Crippen LogP contribution in [0.5, 0.6) is 0 Å². The van der Waals surface area contributed by atoms with Crippen molar-refractivity contribution in [1.82, 2.24) is 5.32 Å². The zero-order valence-electron chi connectivity index (χ0n) is 16.7. The van der Waals surface area contributed by atoms with Crippen LogP contribution in [-0.4, -0.2) is 21.4 Å². The van der Waals surface area contributed by atoms with E-state index in [4.69, 9.17) is 0 Å². The maximum Gasteiger partial charge on any atom is 0.264 e. The van der Waals surface area contributed by atoms with Crippen LogP contribution in [0.1, 0.15) is 27.0 Å². The molecule has 0 saturated carbocycles. The molecular weight excluding hydrogens is 384 g/mol. The van der Waals surface area contributed by atoms with Gasteiger partial charge in [-0.25, -0.2) is 8.42 Å². The predicted octanol–water partition coefficient (Wildman–Crippen LogP) is 4.06. The van der Waals surface area contributed by atoms with Gasteiger partial charge in [-0.05, 0) is 55.3 Å². The number of hydrogen-bond donors (Lipinski definition) is 1. The molecule has 0 fully saturated rings. The van der Waals surface area contributed by atoms with E-state index in [0.717, 1.165) is 16.7 Å². The number of hydrogen-bond acceptors (Lipinski definition) is 3. The third kappa shape index (κ3) is 4.66. The Labute approximate surface area is 172 Å². The number of benzene rings is 3. The molecule has 0 atom stereocenters. The van der Waals surface area contributed by atoms with Crippen LogP contribution in [0.3, 0.4) is 0 Å². The fourth-order valence-corrected chi connectivity index (χ4v) is 4.18. The number of carbonyl (C=O) groups is 1. The van der Waals surface area contributed by atoms with E-state index in [1.54, 1.807) is 24.3 Å². The van der Waals surface area contributed by atoms with Crippen LogP contribution in [0.2, 0.25) is 0 Å². The number of carbonyl (C=O) groups excluding carboxylic acids is 1. The fourth-order valence-electron chi connectivity index (χ4n) is 2.94. The van der Waals surface area contributed by atoms with Crippen molar-refractivity contribution in [2.24, 2.45) is 0 Å². The van der Waals surface area contributed by atoms with Crippen molar-refractivity contribution >= 4 is 21.6 Å². The molecule has 0 aliphatic carbocycles. The van der Waals surface area contributed by atoms with E-state index in [1.807, 2.05) is 50.2 Å². The first-order valence-electron chi connectivity index (χ1n) is 9.27. The molecule has 3 rings (SSSR count). The maximum atomic E-state index is 13.0. The zero-order valence-corrected chi connectivity index (χ0v) is 17.5. The highest BCUT2D eigenvalue weighted by Gasteiger charge is 2.22. The monoisotopic (exact) mass is 408 g/mol. The van der Waals surface area contributed by atoms with E-state index in [-0.39, 0.29) is 10.8 Å². The summed E-state index contributed by atoms with van der Waals surface area (Å²) in [5.74, 6) is -0.316. The summed E-state index contributed by atoms with van der Waals surface area (Å²) in [5, 5.41) is 2.85. The number of anilines is 1. The number of nitrogens with one attached hydrogen (secondary N) is 1. The second-order valence-corrected chi connectivity index (χ2v) is 8.91. The van der Waals surface area contributed by atoms with E-state index >= 15 is 0 Å². The van der Waals surface area contributed by atoms with Crippen molar-refractivity contribution in [2.75, 3.05) is 11.4 Å². The van der Waals surface area contributed by atoms with E-state index in [1.165, 1.54) is 23.5 Å². The molecule has 0 bridgehead atoms. The highest BCUT2D eigenvalue weighted by molar-refractivity contribution is 7.92. The summed E-state index contributed by atoms with van der Waals surface area (Å²) in [6.07, 6.45) is 0. The molecule has 29 heavy (non-hydrogen) atoms. The van der Waals surface area contributed by atoms with Crippen LogP contribution >= 0.6 is 0 Å². The van der Waals surface area contributed by atoms with Gasteiger partial charge in [0.2, 0.25) is 0 Å². The van der Waals surface area contributed by atoms with Crippen molar-refractivity contribution in [3.05, 3.63) is 95.1 Å². The third-order valence-electron chi connectivity index (χ3n) is 4.85. The average molecular weight is 409 g/mol. The number of sulfonamides is 1. The first-order chi connectivity index (χ1) is 13.8. The molecule has 0 radical (unpaired) electrons. The SMILES string of the molecule is Cc1ccc(N(C)S(=O)(=O)c2cccc(C(=O)NCc3ccccc3C)c2)cc1. The highest BCUT2D eigenvalue weighted by Crippen LogP contribution is 2.23. The van der Waals surface area contributed by atoms with Crippen LogP contribution < -0.4 is 9.62 Å². The quantitative estimate of drug-likeness (QED) is 0.669. The molecule has 5 nitrogen and oxygen atoms in total. The van der Waals surface area contributed by atoms with Gasteiger partial charge in [0.25, 0.3) is 15.9 Å². The van der Waals surface area contributed by atoms with E-state index < -0.39 is 10.0 Å². The average Bonchev–Trinajstić information content (AvgIpc) is 2.73. The topological polar surface area (TPSA) is 66.5 Å². The Hall–Kier alpha value is -3.12. The molecule has 0 unspecified atom stereocenters. The third-order valence-corrected chi connectivity index (χ3v) is 6.63. The molecule has 6 heteroatoms. The Morgan fingerprint density at radius 1 is 0.931 bits per heavy atom. The summed E-state index contributed by atoms with van der Waals surface area (Å²) in [6.45, 7) is 4.30. The summed E-state index contributed by atoms with van der Waals surface area (Å²) < 4.78 is 27.2. The lowest BCUT2D eigenvalue weighted by atomic mass is 10.1. The van der Waals surface area contributed by atoms with Gasteiger partial charge in [0.1, 0.15) is 0 Å². The first-order valence-corrected chi connectivity index (χ1v) is 10.7. The fraction of sp³-hybridized carbons (Fsp3) is 0.174. The molecule has 3 aromatic rings. The minimum absolute atomic E-state index is 0.0733. The van der Waals surface area contributed by atoms with Crippen LogP contribution in [0.25, 0.3) is 0 Å². The van der Waals surface area contributed by atoms with Gasteiger partial charge in [-0.15, -0.1) is 0 Å². The lowest BCUT2D eigenvalue weighted by molar-refractivity contribution is 0.0950. The first kappa shape index (κ1) is 20.6. The zero-order chi connectivity index (χ0) is 21.0. The van der Waals surface area contributed by atoms with Gasteiger partial charge in [-0.1, -0.05) is 48.0 Å². The minimum atomic E-state index is -3.78. The second-order valence-electron chi connectivity index (χ2n) is 6.95. The Kier molecular flexibility index (Phi) is 6.03. The molecular formula is C23H24N2O3S. The Morgan fingerprint density at radius 2 is 1.62 bits per heavy atom. The minimum Gasteiger partial charge on any atom is -0.348 e. The summed E-state index contributed by atoms with van der Waals surface area (Å²) in [5.41, 5.74) is 4.02. The maximum absolute atomic E-state index is 13.0. The number of aryl methyl sites for hydroxylation is 2. The van der Waals surface area contributed by atoms with Crippen molar-refractivity contribution in [3.63, 3.8) is 0 Å². The smallest absolute Gasteiger partial charge is 0.264 e. The highest BCUT2D eigenvalue weighted by atomic mass is 32.2. The van der Waals surface area contributed by atoms with Crippen LogP contribution in [0.4, 0.5) is 5.69 Å². The molecule has 0 spiro atoms. The summed E-state index contributed by atoms with van der Waals surface area (Å²) in [6, 6.07) is 21.1. The molecule has 1 N–H and O–H groups in total. The van der Waals surface area contributed by atoms with Crippen LogP contribution in [-0.2, 0) is 16.6 Å². The van der Waals surface area contributed by atoms with Crippen molar-refractivity contribution in [2.45, 2.75) is 25.3 Å². The van der Waals surface area contributed by atoms with Crippen LogP contribution in [0, 0.1) is 13.8 Å². The second kappa shape index (κ2) is 8.49. The molecule has 3 aromatic carbocycles. The molecule has 0 aliphatic rings. The standard InChI is InChI=1S/C23H24N2O3S/c1-17-11-13-21(14-12-17)25(3)29(27,28)22-10-6-9-19(15-22)23(26)24-16-20-8-5-4-7-18(20)2/h4-15H,16H2,1-3H3,(H,24,26). The largest absolute Gasteiger partial charge is 0.348 e. The normalized spacial score (nSPS) is 11.1. The van der Waals surface area contributed by atoms with Crippen molar-refractivity contribution in [1.29, 1.82) is 0 Å². The van der Waals surface area contributed by atoms with Gasteiger partial charge in [-0.3, -0.25) is 9.10 Å². The molecule has 0 aromatic heterocycles. The Balaban J connectivity index is 1.80. The van der Waals surface area contributed by atoms with Gasteiger partial charge in [0, 0.05) is 19.2 Å². The van der Waals surface area contributed by atoms with Gasteiger partial charge in [-0.2, -0.15) is 0 Å². The Morgan fingerprint density at radius 3 is 2.31 bits per heavy atom. The summed E-state index contributed by atoms with van der Waals surface area (Å²) in [7, 11) is -2.28. The number of nitrogens with zero attached hydrogens (tertiary/aromatic N) is 1. The van der Waals surface area contributed by atoms with E-state index in [9.17, 15) is 13.2 Å². The van der Waals surface area contributed by atoms with E-state index in [2.05, 4.69) is 5.32 Å². The lowest BCUT2D eigenvalue weighted by Gasteiger charge is -2.20. The molecule has 150 valence electrons. The van der Waals surface area contributed by atoms with Gasteiger partial charge >= 0.3 is 0 Å².